The summed E-state index contributed by atoms with van der Waals surface area (Å²) in [5.41, 5.74) is 0.735. The van der Waals surface area contributed by atoms with E-state index in [0.29, 0.717) is 5.56 Å². The molecule has 2 atom stereocenters. The van der Waals surface area contributed by atoms with Crippen molar-refractivity contribution in [3.05, 3.63) is 29.6 Å². The van der Waals surface area contributed by atoms with Crippen LogP contribution in [-0.4, -0.2) is 38.8 Å². The third-order valence-corrected chi connectivity index (χ3v) is 2.29. The van der Waals surface area contributed by atoms with Crippen molar-refractivity contribution in [1.82, 2.24) is 4.98 Å². The predicted molar refractivity (Wildman–Crippen MR) is 56.9 cm³/mol. The maximum atomic E-state index is 11.0. The molecule has 5 nitrogen and oxygen atoms in total. The van der Waals surface area contributed by atoms with Crippen LogP contribution < -0.4 is 0 Å². The van der Waals surface area contributed by atoms with Gasteiger partial charge in [-0.1, -0.05) is 0 Å². The third-order valence-electron chi connectivity index (χ3n) is 2.29. The number of pyridine rings is 1. The van der Waals surface area contributed by atoms with Crippen LogP contribution in [0.2, 0.25) is 0 Å². The van der Waals surface area contributed by atoms with Crippen LogP contribution in [0.15, 0.2) is 18.3 Å². The monoisotopic (exact) mass is 225 g/mol. The van der Waals surface area contributed by atoms with Crippen LogP contribution >= 0.6 is 0 Å². The zero-order valence-corrected chi connectivity index (χ0v) is 9.00. The molecule has 0 saturated heterocycles. The largest absolute Gasteiger partial charge is 0.396 e. The average molecular weight is 225 g/mol. The van der Waals surface area contributed by atoms with Crippen molar-refractivity contribution in [2.24, 2.45) is 0 Å². The van der Waals surface area contributed by atoms with Crippen molar-refractivity contribution in [2.45, 2.75) is 25.6 Å². The lowest BCUT2D eigenvalue weighted by Gasteiger charge is -2.16. The number of rotatable bonds is 5. The normalized spacial score (nSPS) is 14.5. The molecule has 1 aromatic rings. The number of aliphatic hydroxyl groups excluding tert-OH is 3. The molecule has 0 aliphatic heterocycles. The second-order valence-corrected chi connectivity index (χ2v) is 3.55. The van der Waals surface area contributed by atoms with Crippen molar-refractivity contribution >= 4 is 5.78 Å². The van der Waals surface area contributed by atoms with Gasteiger partial charge in [0.1, 0.15) is 6.10 Å². The van der Waals surface area contributed by atoms with E-state index in [9.17, 15) is 15.0 Å². The Hall–Kier alpha value is -1.30. The lowest BCUT2D eigenvalue weighted by molar-refractivity contribution is 0.00191. The van der Waals surface area contributed by atoms with Gasteiger partial charge in [0.2, 0.25) is 0 Å². The van der Waals surface area contributed by atoms with Crippen LogP contribution in [-0.2, 0) is 0 Å². The van der Waals surface area contributed by atoms with Gasteiger partial charge in [0.25, 0.3) is 0 Å². The first-order chi connectivity index (χ1) is 7.56. The Labute approximate surface area is 93.4 Å². The van der Waals surface area contributed by atoms with E-state index in [1.165, 1.54) is 19.2 Å². The topological polar surface area (TPSA) is 90.7 Å². The molecule has 0 aliphatic carbocycles. The number of hydrogen-bond acceptors (Lipinski definition) is 5. The first-order valence-electron chi connectivity index (χ1n) is 5.00. The number of ketones is 1. The van der Waals surface area contributed by atoms with Crippen LogP contribution in [0.4, 0.5) is 0 Å². The summed E-state index contributed by atoms with van der Waals surface area (Å²) in [6, 6.07) is 3.03. The van der Waals surface area contributed by atoms with E-state index < -0.39 is 12.2 Å². The number of hydrogen-bond donors (Lipinski definition) is 3. The van der Waals surface area contributed by atoms with Gasteiger partial charge in [0, 0.05) is 18.4 Å². The molecule has 0 amide bonds. The molecule has 0 aliphatic rings. The standard InChI is InChI=1S/C11H15NO4/c1-7(14)8-2-3-9(12-6-8)11(16)10(15)4-5-13/h2-3,6,10-11,13,15-16H,4-5H2,1H3. The third kappa shape index (κ3) is 3.10. The first kappa shape index (κ1) is 12.8. The lowest BCUT2D eigenvalue weighted by atomic mass is 10.1. The second kappa shape index (κ2) is 5.69. The number of carbonyl (C=O) groups is 1. The summed E-state index contributed by atoms with van der Waals surface area (Å²) >= 11 is 0. The van der Waals surface area contributed by atoms with Gasteiger partial charge in [0.15, 0.2) is 5.78 Å². The fraction of sp³-hybridized carbons (Fsp3) is 0.455. The van der Waals surface area contributed by atoms with Crippen molar-refractivity contribution in [2.75, 3.05) is 6.61 Å². The predicted octanol–water partition coefficient (Wildman–Crippen LogP) is 0.0609. The van der Waals surface area contributed by atoms with Crippen molar-refractivity contribution < 1.29 is 20.1 Å². The van der Waals surface area contributed by atoms with E-state index in [2.05, 4.69) is 4.98 Å². The minimum Gasteiger partial charge on any atom is -0.396 e. The summed E-state index contributed by atoms with van der Waals surface area (Å²) in [5.74, 6) is -0.107. The van der Waals surface area contributed by atoms with Gasteiger partial charge in [-0.25, -0.2) is 0 Å². The highest BCUT2D eigenvalue weighted by molar-refractivity contribution is 5.93. The molecule has 0 radical (unpaired) electrons. The average Bonchev–Trinajstić information content (AvgIpc) is 2.28. The van der Waals surface area contributed by atoms with Crippen LogP contribution in [0.1, 0.15) is 35.5 Å². The maximum absolute atomic E-state index is 11.0. The van der Waals surface area contributed by atoms with Gasteiger partial charge >= 0.3 is 0 Å². The molecule has 0 spiro atoms. The molecule has 2 unspecified atom stereocenters. The van der Waals surface area contributed by atoms with Crippen molar-refractivity contribution in [3.63, 3.8) is 0 Å². The summed E-state index contributed by atoms with van der Waals surface area (Å²) in [4.78, 5) is 14.9. The minimum atomic E-state index is -1.15. The van der Waals surface area contributed by atoms with Crippen molar-refractivity contribution in [1.29, 1.82) is 0 Å². The second-order valence-electron chi connectivity index (χ2n) is 3.55. The van der Waals surface area contributed by atoms with Gasteiger partial charge < -0.3 is 15.3 Å². The number of Topliss-reactive ketones (excluding diaryl/α,β-unsaturated/α-hetero) is 1. The van der Waals surface area contributed by atoms with Crippen LogP contribution in [0.3, 0.4) is 0 Å². The van der Waals surface area contributed by atoms with E-state index in [1.807, 2.05) is 0 Å². The molecule has 1 aromatic heterocycles. The summed E-state index contributed by atoms with van der Waals surface area (Å²) in [6.45, 7) is 1.22. The van der Waals surface area contributed by atoms with E-state index in [1.54, 1.807) is 6.07 Å². The lowest BCUT2D eigenvalue weighted by Crippen LogP contribution is -2.20. The van der Waals surface area contributed by atoms with E-state index >= 15 is 0 Å². The molecule has 0 bridgehead atoms. The van der Waals surface area contributed by atoms with Gasteiger partial charge in [-0.2, -0.15) is 0 Å². The molecule has 16 heavy (non-hydrogen) atoms. The summed E-state index contributed by atoms with van der Waals surface area (Å²) in [5, 5.41) is 27.7. The highest BCUT2D eigenvalue weighted by Gasteiger charge is 2.19. The minimum absolute atomic E-state index is 0.0807. The number of carbonyl (C=O) groups excluding carboxylic acids is 1. The van der Waals surface area contributed by atoms with Crippen LogP contribution in [0.25, 0.3) is 0 Å². The summed E-state index contributed by atoms with van der Waals surface area (Å²) in [7, 11) is 0. The molecule has 5 heteroatoms. The zero-order chi connectivity index (χ0) is 12.1. The molecule has 0 saturated carbocycles. The van der Waals surface area contributed by atoms with E-state index in [-0.39, 0.29) is 24.5 Å². The Morgan fingerprint density at radius 1 is 1.44 bits per heavy atom. The van der Waals surface area contributed by atoms with E-state index in [0.717, 1.165) is 0 Å². The van der Waals surface area contributed by atoms with E-state index in [4.69, 9.17) is 5.11 Å². The maximum Gasteiger partial charge on any atom is 0.161 e. The number of nitrogens with zero attached hydrogens (tertiary/aromatic N) is 1. The van der Waals surface area contributed by atoms with Gasteiger partial charge in [0.05, 0.1) is 11.8 Å². The number of aromatic nitrogens is 1. The molecule has 1 heterocycles. The highest BCUT2D eigenvalue weighted by atomic mass is 16.3. The van der Waals surface area contributed by atoms with Crippen LogP contribution in [0.5, 0.6) is 0 Å². The molecular formula is C11H15NO4. The van der Waals surface area contributed by atoms with Crippen LogP contribution in [0, 0.1) is 0 Å². The summed E-state index contributed by atoms with van der Waals surface area (Å²) in [6.07, 6.45) is -0.766. The summed E-state index contributed by atoms with van der Waals surface area (Å²) < 4.78 is 0. The quantitative estimate of drug-likeness (QED) is 0.616. The number of aliphatic hydroxyl groups is 3. The molecule has 0 fully saturated rings. The smallest absolute Gasteiger partial charge is 0.161 e. The van der Waals surface area contributed by atoms with Gasteiger partial charge in [-0.15, -0.1) is 0 Å². The Morgan fingerprint density at radius 3 is 2.56 bits per heavy atom. The molecule has 3 N–H and O–H groups in total. The Bertz CT molecular complexity index is 350. The van der Waals surface area contributed by atoms with Gasteiger partial charge in [-0.05, 0) is 25.5 Å². The molecule has 88 valence electrons. The highest BCUT2D eigenvalue weighted by Crippen LogP contribution is 2.16. The SMILES string of the molecule is CC(=O)c1ccc(C(O)C(O)CCO)nc1. The fourth-order valence-corrected chi connectivity index (χ4v) is 1.28. The van der Waals surface area contributed by atoms with Gasteiger partial charge in [-0.3, -0.25) is 9.78 Å². The molecule has 1 rings (SSSR count). The fourth-order valence-electron chi connectivity index (χ4n) is 1.28. The first-order valence-corrected chi connectivity index (χ1v) is 5.00. The Morgan fingerprint density at radius 2 is 2.12 bits per heavy atom. The molecule has 0 aromatic carbocycles. The Balaban J connectivity index is 2.77. The molecular weight excluding hydrogens is 210 g/mol. The zero-order valence-electron chi connectivity index (χ0n) is 9.00. The Kier molecular flexibility index (Phi) is 4.54. The van der Waals surface area contributed by atoms with Crippen molar-refractivity contribution in [3.8, 4) is 0 Å².